The number of ether oxygens (including phenoxy) is 1. The van der Waals surface area contributed by atoms with Gasteiger partial charge >= 0.3 is 0 Å². The average molecular weight is 278 g/mol. The highest BCUT2D eigenvalue weighted by Gasteiger charge is 2.21. The highest BCUT2D eigenvalue weighted by Crippen LogP contribution is 2.28. The second kappa shape index (κ2) is 7.00. The molecular weight excluding hydrogens is 260 g/mol. The van der Waals surface area contributed by atoms with E-state index < -0.39 is 10.8 Å². The molecule has 1 amide bonds. The Hall–Kier alpha value is -1.95. The van der Waals surface area contributed by atoms with Gasteiger partial charge in [0.25, 0.3) is 11.6 Å². The fourth-order valence-electron chi connectivity index (χ4n) is 1.83. The van der Waals surface area contributed by atoms with E-state index in [0.29, 0.717) is 19.6 Å². The summed E-state index contributed by atoms with van der Waals surface area (Å²) >= 11 is 0. The van der Waals surface area contributed by atoms with Crippen LogP contribution in [0.4, 0.5) is 5.69 Å². The molecule has 0 unspecified atom stereocenters. The van der Waals surface area contributed by atoms with E-state index >= 15 is 0 Å². The number of nitro benzene ring substituents is 1. The molecule has 108 valence electrons. The zero-order valence-corrected chi connectivity index (χ0v) is 11.2. The van der Waals surface area contributed by atoms with Crippen molar-refractivity contribution in [2.24, 2.45) is 5.92 Å². The normalized spacial score (nSPS) is 14.0. The second-order valence-electron chi connectivity index (χ2n) is 4.90. The van der Waals surface area contributed by atoms with Gasteiger partial charge in [-0.05, 0) is 31.2 Å². The van der Waals surface area contributed by atoms with Crippen molar-refractivity contribution in [1.29, 1.82) is 0 Å². The summed E-state index contributed by atoms with van der Waals surface area (Å²) in [6.07, 6.45) is 3.22. The van der Waals surface area contributed by atoms with Crippen LogP contribution in [0.15, 0.2) is 24.3 Å². The lowest BCUT2D eigenvalue weighted by Gasteiger charge is -2.06. The molecule has 6 heteroatoms. The number of benzene rings is 1. The van der Waals surface area contributed by atoms with Gasteiger partial charge in [-0.1, -0.05) is 12.1 Å². The van der Waals surface area contributed by atoms with Gasteiger partial charge < -0.3 is 10.1 Å². The molecule has 1 saturated carbocycles. The molecule has 0 heterocycles. The lowest BCUT2D eigenvalue weighted by Crippen LogP contribution is -2.26. The van der Waals surface area contributed by atoms with Crippen molar-refractivity contribution in [3.63, 3.8) is 0 Å². The van der Waals surface area contributed by atoms with Gasteiger partial charge in [0.05, 0.1) is 4.92 Å². The van der Waals surface area contributed by atoms with E-state index in [1.165, 1.54) is 25.0 Å². The Morgan fingerprint density at radius 2 is 2.15 bits per heavy atom. The molecule has 0 radical (unpaired) electrons. The van der Waals surface area contributed by atoms with Crippen molar-refractivity contribution < 1.29 is 14.5 Å². The summed E-state index contributed by atoms with van der Waals surface area (Å²) < 4.78 is 5.45. The van der Waals surface area contributed by atoms with Crippen molar-refractivity contribution >= 4 is 11.6 Å². The number of amides is 1. The predicted molar refractivity (Wildman–Crippen MR) is 73.6 cm³/mol. The first-order chi connectivity index (χ1) is 9.68. The molecule has 20 heavy (non-hydrogen) atoms. The fraction of sp³-hybridized carbons (Fsp3) is 0.500. The highest BCUT2D eigenvalue weighted by atomic mass is 16.6. The summed E-state index contributed by atoms with van der Waals surface area (Å²) in [6, 6.07) is 5.94. The molecule has 1 aliphatic rings. The number of carbonyl (C=O) groups is 1. The third kappa shape index (κ3) is 4.31. The summed E-state index contributed by atoms with van der Waals surface area (Å²) in [7, 11) is 0. The van der Waals surface area contributed by atoms with Crippen LogP contribution in [-0.4, -0.2) is 30.6 Å². The number of nitro groups is 1. The van der Waals surface area contributed by atoms with Crippen LogP contribution in [-0.2, 0) is 4.74 Å². The van der Waals surface area contributed by atoms with Gasteiger partial charge in [0.15, 0.2) is 0 Å². The van der Waals surface area contributed by atoms with Gasteiger partial charge in [0.1, 0.15) is 5.56 Å². The summed E-state index contributed by atoms with van der Waals surface area (Å²) in [5, 5.41) is 13.5. The largest absolute Gasteiger partial charge is 0.381 e. The van der Waals surface area contributed by atoms with Crippen LogP contribution in [0.25, 0.3) is 0 Å². The molecule has 0 spiro atoms. The Morgan fingerprint density at radius 3 is 2.85 bits per heavy atom. The van der Waals surface area contributed by atoms with E-state index in [4.69, 9.17) is 4.74 Å². The Morgan fingerprint density at radius 1 is 1.40 bits per heavy atom. The van der Waals surface area contributed by atoms with E-state index in [-0.39, 0.29) is 11.3 Å². The first kappa shape index (κ1) is 14.5. The van der Waals surface area contributed by atoms with Crippen LogP contribution in [0, 0.1) is 16.0 Å². The fourth-order valence-corrected chi connectivity index (χ4v) is 1.83. The maximum Gasteiger partial charge on any atom is 0.282 e. The number of hydrogen-bond donors (Lipinski definition) is 1. The lowest BCUT2D eigenvalue weighted by atomic mass is 10.1. The number of rotatable bonds is 8. The molecule has 0 atom stereocenters. The third-order valence-corrected chi connectivity index (χ3v) is 3.15. The lowest BCUT2D eigenvalue weighted by molar-refractivity contribution is -0.385. The molecule has 2 rings (SSSR count). The van der Waals surface area contributed by atoms with E-state index in [2.05, 4.69) is 5.32 Å². The Bertz CT molecular complexity index is 486. The molecule has 1 fully saturated rings. The van der Waals surface area contributed by atoms with Crippen LogP contribution in [0.2, 0.25) is 0 Å². The molecule has 0 saturated heterocycles. The minimum absolute atomic E-state index is 0.0939. The topological polar surface area (TPSA) is 81.5 Å². The Kier molecular flexibility index (Phi) is 5.06. The van der Waals surface area contributed by atoms with Gasteiger partial charge in [-0.25, -0.2) is 0 Å². The Labute approximate surface area is 117 Å². The summed E-state index contributed by atoms with van der Waals surface area (Å²) in [4.78, 5) is 22.1. The monoisotopic (exact) mass is 278 g/mol. The molecule has 0 bridgehead atoms. The van der Waals surface area contributed by atoms with Crippen LogP contribution < -0.4 is 5.32 Å². The van der Waals surface area contributed by atoms with E-state index in [9.17, 15) is 14.9 Å². The van der Waals surface area contributed by atoms with Crippen molar-refractivity contribution in [1.82, 2.24) is 5.32 Å². The quantitative estimate of drug-likeness (QED) is 0.449. The molecule has 1 N–H and O–H groups in total. The van der Waals surface area contributed by atoms with Gasteiger partial charge in [-0.3, -0.25) is 14.9 Å². The minimum Gasteiger partial charge on any atom is -0.381 e. The van der Waals surface area contributed by atoms with E-state index in [1.54, 1.807) is 12.1 Å². The number of carbonyl (C=O) groups excluding carboxylic acids is 1. The van der Waals surface area contributed by atoms with Crippen LogP contribution in [0.3, 0.4) is 0 Å². The first-order valence-corrected chi connectivity index (χ1v) is 6.78. The van der Waals surface area contributed by atoms with E-state index in [0.717, 1.165) is 12.5 Å². The number of hydrogen-bond acceptors (Lipinski definition) is 4. The number of para-hydroxylation sites is 1. The van der Waals surface area contributed by atoms with E-state index in [1.807, 2.05) is 0 Å². The molecule has 0 aliphatic heterocycles. The maximum absolute atomic E-state index is 11.9. The predicted octanol–water partition coefficient (Wildman–Crippen LogP) is 2.14. The standard InChI is InChI=1S/C14H18N2O4/c17-14(12-4-1-2-5-13(12)16(18)19)15-8-3-9-20-10-11-6-7-11/h1-2,4-5,11H,3,6-10H2,(H,15,17). The van der Waals surface area contributed by atoms with Crippen molar-refractivity contribution in [2.45, 2.75) is 19.3 Å². The van der Waals surface area contributed by atoms with Gasteiger partial charge in [0.2, 0.25) is 0 Å². The first-order valence-electron chi connectivity index (χ1n) is 6.78. The van der Waals surface area contributed by atoms with Crippen molar-refractivity contribution in [2.75, 3.05) is 19.8 Å². The smallest absolute Gasteiger partial charge is 0.282 e. The van der Waals surface area contributed by atoms with Gasteiger partial charge in [-0.2, -0.15) is 0 Å². The molecule has 1 aliphatic carbocycles. The van der Waals surface area contributed by atoms with Crippen LogP contribution >= 0.6 is 0 Å². The summed E-state index contributed by atoms with van der Waals surface area (Å²) in [5.74, 6) is 0.316. The molecule has 6 nitrogen and oxygen atoms in total. The van der Waals surface area contributed by atoms with Crippen LogP contribution in [0.5, 0.6) is 0 Å². The van der Waals surface area contributed by atoms with Gasteiger partial charge in [0, 0.05) is 25.8 Å². The van der Waals surface area contributed by atoms with Gasteiger partial charge in [-0.15, -0.1) is 0 Å². The zero-order chi connectivity index (χ0) is 14.4. The molecular formula is C14H18N2O4. The summed E-state index contributed by atoms with van der Waals surface area (Å²) in [6.45, 7) is 1.86. The maximum atomic E-state index is 11.9. The zero-order valence-electron chi connectivity index (χ0n) is 11.2. The average Bonchev–Trinajstić information content (AvgIpc) is 3.26. The molecule has 0 aromatic heterocycles. The summed E-state index contributed by atoms with van der Waals surface area (Å²) in [5.41, 5.74) is -0.0774. The van der Waals surface area contributed by atoms with Crippen molar-refractivity contribution in [3.05, 3.63) is 39.9 Å². The third-order valence-electron chi connectivity index (χ3n) is 3.15. The SMILES string of the molecule is O=C(NCCCOCC1CC1)c1ccccc1[N+](=O)[O-]. The molecule has 1 aromatic carbocycles. The van der Waals surface area contributed by atoms with Crippen molar-refractivity contribution in [3.8, 4) is 0 Å². The molecule has 1 aromatic rings. The van der Waals surface area contributed by atoms with Crippen LogP contribution in [0.1, 0.15) is 29.6 Å². The Balaban J connectivity index is 1.72. The number of nitrogens with zero attached hydrogens (tertiary/aromatic N) is 1. The second-order valence-corrected chi connectivity index (χ2v) is 4.90. The minimum atomic E-state index is -0.548. The highest BCUT2D eigenvalue weighted by molar-refractivity contribution is 5.98. The number of nitrogens with one attached hydrogen (secondary N) is 1.